The number of phenols is 1. The van der Waals surface area contributed by atoms with Crippen molar-refractivity contribution in [1.29, 1.82) is 0 Å². The Morgan fingerprint density at radius 3 is 2.38 bits per heavy atom. The Kier molecular flexibility index (Phi) is 3.12. The molecule has 0 spiro atoms. The van der Waals surface area contributed by atoms with Crippen LogP contribution in [0.25, 0.3) is 0 Å². The molecular formula is C12H11BO3. The summed E-state index contributed by atoms with van der Waals surface area (Å²) < 4.78 is 5.28. The van der Waals surface area contributed by atoms with E-state index in [0.717, 1.165) is 0 Å². The molecule has 0 radical (unpaired) electrons. The van der Waals surface area contributed by atoms with Crippen molar-refractivity contribution in [3.8, 4) is 11.5 Å². The Morgan fingerprint density at radius 1 is 0.938 bits per heavy atom. The van der Waals surface area contributed by atoms with Crippen LogP contribution in [0.5, 0.6) is 11.5 Å². The fourth-order valence-electron chi connectivity index (χ4n) is 1.37. The first-order chi connectivity index (χ1) is 7.75. The molecule has 0 aliphatic heterocycles. The molecule has 0 heterocycles. The van der Waals surface area contributed by atoms with Crippen LogP contribution in [0.2, 0.25) is 0 Å². The van der Waals surface area contributed by atoms with Gasteiger partial charge in [-0.25, -0.2) is 0 Å². The molecule has 2 rings (SSSR count). The van der Waals surface area contributed by atoms with E-state index in [1.54, 1.807) is 30.3 Å². The first kappa shape index (κ1) is 10.6. The van der Waals surface area contributed by atoms with Crippen molar-refractivity contribution in [3.63, 3.8) is 0 Å². The van der Waals surface area contributed by atoms with Gasteiger partial charge in [0, 0.05) is 6.07 Å². The Bertz CT molecular complexity index is 459. The summed E-state index contributed by atoms with van der Waals surface area (Å²) in [6.45, 7) is 0. The molecule has 0 aliphatic carbocycles. The number of rotatable bonds is 3. The molecule has 80 valence electrons. The maximum atomic E-state index is 9.76. The minimum absolute atomic E-state index is 0.109. The summed E-state index contributed by atoms with van der Waals surface area (Å²) in [5, 5.41) is 19.0. The molecule has 0 aromatic heterocycles. The zero-order chi connectivity index (χ0) is 11.4. The van der Waals surface area contributed by atoms with E-state index < -0.39 is 7.12 Å². The first-order valence-corrected chi connectivity index (χ1v) is 4.94. The molecule has 0 saturated carbocycles. The molecule has 3 nitrogen and oxygen atoms in total. The first-order valence-electron chi connectivity index (χ1n) is 4.94. The van der Waals surface area contributed by atoms with Crippen molar-refractivity contribution in [3.05, 3.63) is 54.6 Å². The molecule has 2 aromatic carbocycles. The van der Waals surface area contributed by atoms with Crippen LogP contribution in [0, 0.1) is 0 Å². The quantitative estimate of drug-likeness (QED) is 0.753. The lowest BCUT2D eigenvalue weighted by Crippen LogP contribution is -2.36. The highest BCUT2D eigenvalue weighted by atomic mass is 16.5. The van der Waals surface area contributed by atoms with Crippen molar-refractivity contribution in [1.82, 2.24) is 0 Å². The zero-order valence-corrected chi connectivity index (χ0v) is 8.58. The van der Waals surface area contributed by atoms with Gasteiger partial charge in [-0.1, -0.05) is 36.4 Å². The van der Waals surface area contributed by atoms with Gasteiger partial charge in [-0.05, 0) is 17.6 Å². The van der Waals surface area contributed by atoms with Gasteiger partial charge in [0.05, 0.1) is 0 Å². The van der Waals surface area contributed by atoms with Gasteiger partial charge in [-0.3, -0.25) is 0 Å². The van der Waals surface area contributed by atoms with Crippen molar-refractivity contribution in [2.24, 2.45) is 0 Å². The molecule has 0 saturated heterocycles. The van der Waals surface area contributed by atoms with Gasteiger partial charge in [0.25, 0.3) is 0 Å². The number of aromatic hydroxyl groups is 1. The maximum absolute atomic E-state index is 9.76. The second-order valence-corrected chi connectivity index (χ2v) is 3.38. The lowest BCUT2D eigenvalue weighted by Gasteiger charge is -2.09. The van der Waals surface area contributed by atoms with Gasteiger partial charge in [0.1, 0.15) is 11.5 Å². The van der Waals surface area contributed by atoms with E-state index in [4.69, 9.17) is 4.65 Å². The monoisotopic (exact) mass is 214 g/mol. The van der Waals surface area contributed by atoms with E-state index in [1.807, 2.05) is 18.2 Å². The summed E-state index contributed by atoms with van der Waals surface area (Å²) in [5.41, 5.74) is 0.672. The SMILES string of the molecule is OB(Oc1cccc(O)c1)c1ccccc1. The average molecular weight is 214 g/mol. The molecule has 16 heavy (non-hydrogen) atoms. The van der Waals surface area contributed by atoms with Gasteiger partial charge in [-0.2, -0.15) is 0 Å². The minimum atomic E-state index is -1.03. The van der Waals surface area contributed by atoms with Gasteiger partial charge < -0.3 is 14.8 Å². The molecule has 0 unspecified atom stereocenters. The molecule has 2 aromatic rings. The fourth-order valence-corrected chi connectivity index (χ4v) is 1.37. The summed E-state index contributed by atoms with van der Waals surface area (Å²) in [4.78, 5) is 0. The molecule has 0 aliphatic rings. The Balaban J connectivity index is 2.11. The minimum Gasteiger partial charge on any atom is -0.532 e. The third-order valence-electron chi connectivity index (χ3n) is 2.15. The molecule has 4 heteroatoms. The topological polar surface area (TPSA) is 49.7 Å². The smallest absolute Gasteiger partial charge is 0.532 e. The fraction of sp³-hybridized carbons (Fsp3) is 0. The van der Waals surface area contributed by atoms with Gasteiger partial charge in [0.15, 0.2) is 0 Å². The molecule has 2 N–H and O–H groups in total. The second kappa shape index (κ2) is 4.72. The molecular weight excluding hydrogens is 203 g/mol. The van der Waals surface area contributed by atoms with Crippen molar-refractivity contribution in [2.45, 2.75) is 0 Å². The van der Waals surface area contributed by atoms with E-state index in [2.05, 4.69) is 0 Å². The number of hydrogen-bond donors (Lipinski definition) is 2. The maximum Gasteiger partial charge on any atom is 0.560 e. The van der Waals surface area contributed by atoms with Crippen LogP contribution in [0.3, 0.4) is 0 Å². The summed E-state index contributed by atoms with van der Waals surface area (Å²) in [6.07, 6.45) is 0. The van der Waals surface area contributed by atoms with Crippen LogP contribution < -0.4 is 10.1 Å². The summed E-state index contributed by atoms with van der Waals surface area (Å²) in [7, 11) is -1.03. The zero-order valence-electron chi connectivity index (χ0n) is 8.58. The summed E-state index contributed by atoms with van der Waals surface area (Å²) in [5.74, 6) is 0.536. The Hall–Kier alpha value is -1.94. The van der Waals surface area contributed by atoms with Gasteiger partial charge in [-0.15, -0.1) is 0 Å². The summed E-state index contributed by atoms with van der Waals surface area (Å²) in [6, 6.07) is 15.4. The average Bonchev–Trinajstić information content (AvgIpc) is 2.30. The van der Waals surface area contributed by atoms with E-state index in [9.17, 15) is 10.1 Å². The van der Waals surface area contributed by atoms with Crippen LogP contribution in [0.15, 0.2) is 54.6 Å². The predicted molar refractivity (Wildman–Crippen MR) is 62.8 cm³/mol. The van der Waals surface area contributed by atoms with Gasteiger partial charge >= 0.3 is 7.12 Å². The van der Waals surface area contributed by atoms with Crippen LogP contribution >= 0.6 is 0 Å². The highest BCUT2D eigenvalue weighted by Gasteiger charge is 2.17. The number of hydrogen-bond acceptors (Lipinski definition) is 3. The Labute approximate surface area is 94.1 Å². The predicted octanol–water partition coefficient (Wildman–Crippen LogP) is 1.16. The molecule has 0 atom stereocenters. The normalized spacial score (nSPS) is 9.81. The number of benzene rings is 2. The molecule has 0 amide bonds. The van der Waals surface area contributed by atoms with E-state index in [0.29, 0.717) is 11.2 Å². The standard InChI is InChI=1S/C12H11BO3/c14-11-7-4-8-12(9-11)16-13(15)10-5-2-1-3-6-10/h1-9,14-15H. The van der Waals surface area contributed by atoms with Crippen LogP contribution in [0.4, 0.5) is 0 Å². The van der Waals surface area contributed by atoms with E-state index in [1.165, 1.54) is 6.07 Å². The van der Waals surface area contributed by atoms with Crippen molar-refractivity contribution < 1.29 is 14.8 Å². The summed E-state index contributed by atoms with van der Waals surface area (Å²) >= 11 is 0. The van der Waals surface area contributed by atoms with Gasteiger partial charge in [0.2, 0.25) is 0 Å². The molecule has 0 bridgehead atoms. The van der Waals surface area contributed by atoms with E-state index >= 15 is 0 Å². The van der Waals surface area contributed by atoms with Crippen LogP contribution in [-0.2, 0) is 0 Å². The molecule has 0 fully saturated rings. The lowest BCUT2D eigenvalue weighted by molar-refractivity contribution is 0.427. The van der Waals surface area contributed by atoms with Crippen molar-refractivity contribution in [2.75, 3.05) is 0 Å². The highest BCUT2D eigenvalue weighted by Crippen LogP contribution is 2.17. The van der Waals surface area contributed by atoms with Crippen molar-refractivity contribution >= 4 is 12.6 Å². The highest BCUT2D eigenvalue weighted by molar-refractivity contribution is 6.60. The third-order valence-corrected chi connectivity index (χ3v) is 2.15. The van der Waals surface area contributed by atoms with Crippen LogP contribution in [-0.4, -0.2) is 17.2 Å². The Morgan fingerprint density at radius 2 is 1.69 bits per heavy atom. The van der Waals surface area contributed by atoms with E-state index in [-0.39, 0.29) is 5.75 Å². The largest absolute Gasteiger partial charge is 0.560 e. The second-order valence-electron chi connectivity index (χ2n) is 3.38. The van der Waals surface area contributed by atoms with Crippen LogP contribution in [0.1, 0.15) is 0 Å². The number of phenolic OH excluding ortho intramolecular Hbond substituents is 1. The lowest BCUT2D eigenvalue weighted by atomic mass is 9.79. The third kappa shape index (κ3) is 2.55.